The fraction of sp³-hybridized carbons (Fsp3) is 0. The van der Waals surface area contributed by atoms with E-state index < -0.39 is 0 Å². The van der Waals surface area contributed by atoms with Crippen LogP contribution in [0.4, 0.5) is 5.82 Å². The molecule has 2 heterocycles. The molecule has 0 saturated carbocycles. The SMILES string of the molecule is [N]c1ncccc1-c1ccccn1. The molecule has 2 radical (unpaired) electrons. The lowest BCUT2D eigenvalue weighted by atomic mass is 10.2. The molecule has 2 aromatic rings. The Morgan fingerprint density at radius 1 is 0.923 bits per heavy atom. The van der Waals surface area contributed by atoms with Crippen LogP contribution in [0.25, 0.3) is 11.3 Å². The summed E-state index contributed by atoms with van der Waals surface area (Å²) in [7, 11) is 0. The highest BCUT2D eigenvalue weighted by Crippen LogP contribution is 2.21. The van der Waals surface area contributed by atoms with Crippen LogP contribution in [0.3, 0.4) is 0 Å². The maximum atomic E-state index is 9.41. The molecule has 0 spiro atoms. The monoisotopic (exact) mass is 169 g/mol. The average molecular weight is 169 g/mol. The number of hydrogen-bond donors (Lipinski definition) is 0. The van der Waals surface area contributed by atoms with Crippen LogP contribution in [0.5, 0.6) is 0 Å². The van der Waals surface area contributed by atoms with Crippen LogP contribution in [-0.4, -0.2) is 9.97 Å². The van der Waals surface area contributed by atoms with Crippen LogP contribution < -0.4 is 5.73 Å². The highest BCUT2D eigenvalue weighted by Gasteiger charge is 2.03. The zero-order valence-corrected chi connectivity index (χ0v) is 6.88. The van der Waals surface area contributed by atoms with Gasteiger partial charge in [0, 0.05) is 18.0 Å². The van der Waals surface area contributed by atoms with Gasteiger partial charge in [-0.1, -0.05) is 6.07 Å². The summed E-state index contributed by atoms with van der Waals surface area (Å²) in [5, 5.41) is 0. The minimum Gasteiger partial charge on any atom is -0.256 e. The Balaban J connectivity index is 2.54. The maximum absolute atomic E-state index is 9.41. The molecule has 0 aliphatic carbocycles. The molecule has 0 atom stereocenters. The van der Waals surface area contributed by atoms with E-state index in [4.69, 9.17) is 0 Å². The van der Waals surface area contributed by atoms with Crippen LogP contribution >= 0.6 is 0 Å². The molecule has 0 fully saturated rings. The Hall–Kier alpha value is -1.90. The molecule has 0 amide bonds. The van der Waals surface area contributed by atoms with Crippen molar-refractivity contribution < 1.29 is 0 Å². The Morgan fingerprint density at radius 2 is 1.77 bits per heavy atom. The molecule has 2 aromatic heterocycles. The lowest BCUT2D eigenvalue weighted by Gasteiger charge is -1.99. The molecule has 0 aliphatic rings. The first kappa shape index (κ1) is 7.73. The molecule has 0 unspecified atom stereocenters. The lowest BCUT2D eigenvalue weighted by Crippen LogP contribution is -1.86. The minimum absolute atomic E-state index is 0.0150. The zero-order chi connectivity index (χ0) is 9.10. The van der Waals surface area contributed by atoms with E-state index in [0.717, 1.165) is 5.69 Å². The third kappa shape index (κ3) is 1.49. The first-order chi connectivity index (χ1) is 6.38. The summed E-state index contributed by atoms with van der Waals surface area (Å²) in [4.78, 5) is 7.88. The topological polar surface area (TPSA) is 48.1 Å². The van der Waals surface area contributed by atoms with Crippen LogP contribution in [0.15, 0.2) is 42.7 Å². The van der Waals surface area contributed by atoms with Gasteiger partial charge in [-0.2, -0.15) is 0 Å². The van der Waals surface area contributed by atoms with E-state index in [2.05, 4.69) is 9.97 Å². The molecule has 0 aromatic carbocycles. The van der Waals surface area contributed by atoms with E-state index in [1.807, 2.05) is 18.2 Å². The second kappa shape index (κ2) is 3.23. The summed E-state index contributed by atoms with van der Waals surface area (Å²) in [6.45, 7) is 0. The number of aromatic nitrogens is 2. The predicted molar refractivity (Wildman–Crippen MR) is 49.3 cm³/mol. The first-order valence-electron chi connectivity index (χ1n) is 3.93. The molecule has 62 valence electrons. The van der Waals surface area contributed by atoms with E-state index in [1.165, 1.54) is 0 Å². The summed E-state index contributed by atoms with van der Waals surface area (Å²) in [6.07, 6.45) is 3.23. The largest absolute Gasteiger partial charge is 0.256 e. The van der Waals surface area contributed by atoms with Crippen LogP contribution in [0.2, 0.25) is 0 Å². The van der Waals surface area contributed by atoms with E-state index >= 15 is 0 Å². The van der Waals surface area contributed by atoms with E-state index in [9.17, 15) is 5.73 Å². The molecule has 0 bridgehead atoms. The van der Waals surface area contributed by atoms with Gasteiger partial charge in [0.1, 0.15) is 0 Å². The van der Waals surface area contributed by atoms with Gasteiger partial charge in [0.05, 0.1) is 5.69 Å². The van der Waals surface area contributed by atoms with Gasteiger partial charge >= 0.3 is 0 Å². The Morgan fingerprint density at radius 3 is 2.46 bits per heavy atom. The molecule has 2 rings (SSSR count). The van der Waals surface area contributed by atoms with Gasteiger partial charge in [-0.15, -0.1) is 5.73 Å². The summed E-state index contributed by atoms with van der Waals surface area (Å²) >= 11 is 0. The van der Waals surface area contributed by atoms with Crippen molar-refractivity contribution in [2.75, 3.05) is 0 Å². The van der Waals surface area contributed by atoms with E-state index in [0.29, 0.717) is 5.56 Å². The number of pyridine rings is 2. The van der Waals surface area contributed by atoms with Gasteiger partial charge in [-0.25, -0.2) is 4.98 Å². The van der Waals surface area contributed by atoms with Crippen molar-refractivity contribution >= 4 is 5.82 Å². The Bertz CT molecular complexity index is 398. The van der Waals surface area contributed by atoms with Crippen molar-refractivity contribution in [3.05, 3.63) is 42.7 Å². The van der Waals surface area contributed by atoms with Gasteiger partial charge in [-0.3, -0.25) is 4.98 Å². The molecule has 0 saturated heterocycles. The molecular formula is C10H7N3. The van der Waals surface area contributed by atoms with E-state index in [1.54, 1.807) is 24.5 Å². The van der Waals surface area contributed by atoms with Crippen molar-refractivity contribution in [1.82, 2.24) is 15.7 Å². The molecule has 0 N–H and O–H groups in total. The standard InChI is InChI=1S/C10H7N3/c11-10-8(4-3-7-13-10)9-5-1-2-6-12-9/h1-7H. The van der Waals surface area contributed by atoms with Crippen molar-refractivity contribution in [2.45, 2.75) is 0 Å². The minimum atomic E-state index is 0.0150. The number of hydrogen-bond acceptors (Lipinski definition) is 2. The van der Waals surface area contributed by atoms with Gasteiger partial charge in [0.25, 0.3) is 0 Å². The second-order valence-corrected chi connectivity index (χ2v) is 2.59. The summed E-state index contributed by atoms with van der Waals surface area (Å²) in [5.41, 5.74) is 10.8. The smallest absolute Gasteiger partial charge is 0.183 e. The van der Waals surface area contributed by atoms with Crippen molar-refractivity contribution in [2.24, 2.45) is 0 Å². The van der Waals surface area contributed by atoms with Gasteiger partial charge in [-0.05, 0) is 24.3 Å². The third-order valence-electron chi connectivity index (χ3n) is 1.73. The molecule has 13 heavy (non-hydrogen) atoms. The predicted octanol–water partition coefficient (Wildman–Crippen LogP) is 1.84. The molecule has 0 aliphatic heterocycles. The number of nitrogens with zero attached hydrogens (tertiary/aromatic N) is 3. The van der Waals surface area contributed by atoms with Crippen LogP contribution in [0, 0.1) is 0 Å². The lowest BCUT2D eigenvalue weighted by molar-refractivity contribution is 1.23. The fourth-order valence-corrected chi connectivity index (χ4v) is 1.12. The van der Waals surface area contributed by atoms with Gasteiger partial charge in [0.15, 0.2) is 5.82 Å². The Labute approximate surface area is 76.3 Å². The van der Waals surface area contributed by atoms with Gasteiger partial charge < -0.3 is 0 Å². The molecular weight excluding hydrogens is 162 g/mol. The highest BCUT2D eigenvalue weighted by atomic mass is 14.8. The maximum Gasteiger partial charge on any atom is 0.183 e. The number of rotatable bonds is 1. The van der Waals surface area contributed by atoms with Crippen molar-refractivity contribution in [1.29, 1.82) is 0 Å². The highest BCUT2D eigenvalue weighted by molar-refractivity contribution is 5.68. The van der Waals surface area contributed by atoms with Gasteiger partial charge in [0.2, 0.25) is 0 Å². The third-order valence-corrected chi connectivity index (χ3v) is 1.73. The summed E-state index contributed by atoms with van der Waals surface area (Å²) in [6, 6.07) is 9.08. The van der Waals surface area contributed by atoms with E-state index in [-0.39, 0.29) is 5.82 Å². The second-order valence-electron chi connectivity index (χ2n) is 2.59. The first-order valence-corrected chi connectivity index (χ1v) is 3.93. The summed E-state index contributed by atoms with van der Waals surface area (Å²) < 4.78 is 0. The van der Waals surface area contributed by atoms with Crippen LogP contribution in [0.1, 0.15) is 0 Å². The average Bonchev–Trinajstić information content (AvgIpc) is 2.20. The van der Waals surface area contributed by atoms with Crippen molar-refractivity contribution in [3.63, 3.8) is 0 Å². The fourth-order valence-electron chi connectivity index (χ4n) is 1.12. The Kier molecular flexibility index (Phi) is 1.92. The molecule has 3 heteroatoms. The van der Waals surface area contributed by atoms with Crippen molar-refractivity contribution in [3.8, 4) is 11.3 Å². The normalized spacial score (nSPS) is 9.85. The van der Waals surface area contributed by atoms with Crippen LogP contribution in [-0.2, 0) is 0 Å². The zero-order valence-electron chi connectivity index (χ0n) is 6.88. The summed E-state index contributed by atoms with van der Waals surface area (Å²) in [5.74, 6) is 0.0150. The quantitative estimate of drug-likeness (QED) is 0.654. The molecule has 3 nitrogen and oxygen atoms in total.